The van der Waals surface area contributed by atoms with Gasteiger partial charge in [0.15, 0.2) is 0 Å². The Kier molecular flexibility index (Phi) is 6.58. The number of alkyl halides is 3. The smallest absolute Gasteiger partial charge is 0.416 e. The summed E-state index contributed by atoms with van der Waals surface area (Å²) in [6.45, 7) is 0.321. The molecule has 1 N–H and O–H groups in total. The summed E-state index contributed by atoms with van der Waals surface area (Å²) < 4.78 is 44.4. The van der Waals surface area contributed by atoms with Crippen LogP contribution in [0.15, 0.2) is 72.8 Å². The van der Waals surface area contributed by atoms with Gasteiger partial charge >= 0.3 is 6.18 Å². The second kappa shape index (κ2) is 9.59. The highest BCUT2D eigenvalue weighted by Crippen LogP contribution is 2.33. The van der Waals surface area contributed by atoms with E-state index in [1.165, 1.54) is 23.1 Å². The van der Waals surface area contributed by atoms with E-state index in [0.29, 0.717) is 17.7 Å². The van der Waals surface area contributed by atoms with Crippen LogP contribution in [0.25, 0.3) is 0 Å². The van der Waals surface area contributed by atoms with Gasteiger partial charge in [0, 0.05) is 30.8 Å². The fourth-order valence-electron chi connectivity index (χ4n) is 3.39. The van der Waals surface area contributed by atoms with E-state index in [1.807, 2.05) is 0 Å². The minimum Gasteiger partial charge on any atom is -0.457 e. The molecular formula is C26H23F3N2O3. The first-order valence-corrected chi connectivity index (χ1v) is 10.8. The number of carbonyl (C=O) groups is 2. The van der Waals surface area contributed by atoms with Crippen molar-refractivity contribution in [2.24, 2.45) is 0 Å². The van der Waals surface area contributed by atoms with Crippen molar-refractivity contribution in [3.05, 3.63) is 95.1 Å². The van der Waals surface area contributed by atoms with Crippen LogP contribution in [0.5, 0.6) is 11.5 Å². The monoisotopic (exact) mass is 468 g/mol. The van der Waals surface area contributed by atoms with Crippen LogP contribution in [0.3, 0.4) is 0 Å². The Hall–Kier alpha value is -3.81. The number of halogens is 3. The molecule has 0 bridgehead atoms. The summed E-state index contributed by atoms with van der Waals surface area (Å²) >= 11 is 0. The Morgan fingerprint density at radius 2 is 1.59 bits per heavy atom. The van der Waals surface area contributed by atoms with Gasteiger partial charge in [0.2, 0.25) is 0 Å². The summed E-state index contributed by atoms with van der Waals surface area (Å²) in [6, 6.07) is 18.2. The molecule has 34 heavy (non-hydrogen) atoms. The Morgan fingerprint density at radius 3 is 2.24 bits per heavy atom. The molecule has 1 aliphatic rings. The normalized spacial score (nSPS) is 13.3. The quantitative estimate of drug-likeness (QED) is 0.487. The van der Waals surface area contributed by atoms with Crippen molar-refractivity contribution >= 4 is 11.8 Å². The zero-order chi connectivity index (χ0) is 24.3. The maximum atomic E-state index is 12.9. The van der Waals surface area contributed by atoms with Crippen molar-refractivity contribution < 1.29 is 27.5 Å². The summed E-state index contributed by atoms with van der Waals surface area (Å²) in [5.74, 6) is -0.0932. The molecule has 0 radical (unpaired) electrons. The van der Waals surface area contributed by atoms with Crippen LogP contribution >= 0.6 is 0 Å². The van der Waals surface area contributed by atoms with Gasteiger partial charge in [0.05, 0.1) is 5.56 Å². The summed E-state index contributed by atoms with van der Waals surface area (Å²) in [5.41, 5.74) is 0.958. The molecule has 0 heterocycles. The van der Waals surface area contributed by atoms with E-state index >= 15 is 0 Å². The minimum absolute atomic E-state index is 0.0265. The molecular weight excluding hydrogens is 445 g/mol. The Bertz CT molecular complexity index is 1190. The molecule has 0 spiro atoms. The van der Waals surface area contributed by atoms with Crippen molar-refractivity contribution in [3.8, 4) is 11.5 Å². The number of carbonyl (C=O) groups excluding carboxylic acids is 2. The van der Waals surface area contributed by atoms with Crippen molar-refractivity contribution in [2.45, 2.75) is 31.6 Å². The number of amides is 2. The topological polar surface area (TPSA) is 58.6 Å². The Labute approximate surface area is 195 Å². The lowest BCUT2D eigenvalue weighted by Crippen LogP contribution is -2.26. The molecule has 2 amide bonds. The summed E-state index contributed by atoms with van der Waals surface area (Å²) in [6.07, 6.45) is -2.44. The lowest BCUT2D eigenvalue weighted by atomic mass is 10.1. The predicted octanol–water partition coefficient (Wildman–Crippen LogP) is 5.66. The van der Waals surface area contributed by atoms with Crippen LogP contribution in [0.1, 0.15) is 44.7 Å². The van der Waals surface area contributed by atoms with Gasteiger partial charge in [-0.3, -0.25) is 9.59 Å². The van der Waals surface area contributed by atoms with E-state index < -0.39 is 11.7 Å². The zero-order valence-corrected chi connectivity index (χ0v) is 18.4. The average molecular weight is 468 g/mol. The zero-order valence-electron chi connectivity index (χ0n) is 18.4. The Morgan fingerprint density at radius 1 is 0.941 bits per heavy atom. The molecule has 0 aliphatic heterocycles. The fourth-order valence-corrected chi connectivity index (χ4v) is 3.39. The maximum absolute atomic E-state index is 12.9. The highest BCUT2D eigenvalue weighted by Gasteiger charge is 2.30. The van der Waals surface area contributed by atoms with Crippen LogP contribution < -0.4 is 10.1 Å². The third-order valence-electron chi connectivity index (χ3n) is 5.37. The highest BCUT2D eigenvalue weighted by atomic mass is 19.4. The van der Waals surface area contributed by atoms with E-state index in [1.54, 1.807) is 49.5 Å². The van der Waals surface area contributed by atoms with Gasteiger partial charge in [-0.05, 0) is 66.9 Å². The Balaban J connectivity index is 1.40. The summed E-state index contributed by atoms with van der Waals surface area (Å²) in [5, 5.41) is 2.93. The first-order valence-electron chi connectivity index (χ1n) is 10.8. The van der Waals surface area contributed by atoms with Crippen molar-refractivity contribution in [2.75, 3.05) is 7.05 Å². The molecule has 0 aromatic heterocycles. The van der Waals surface area contributed by atoms with Gasteiger partial charge in [-0.1, -0.05) is 24.3 Å². The van der Waals surface area contributed by atoms with Crippen LogP contribution in [0, 0.1) is 0 Å². The largest absolute Gasteiger partial charge is 0.457 e. The van der Waals surface area contributed by atoms with Crippen LogP contribution in [0.4, 0.5) is 13.2 Å². The lowest BCUT2D eigenvalue weighted by molar-refractivity contribution is -0.137. The lowest BCUT2D eigenvalue weighted by Gasteiger charge is -2.18. The van der Waals surface area contributed by atoms with E-state index in [9.17, 15) is 22.8 Å². The van der Waals surface area contributed by atoms with Gasteiger partial charge < -0.3 is 15.0 Å². The van der Waals surface area contributed by atoms with E-state index in [2.05, 4.69) is 5.32 Å². The second-order valence-corrected chi connectivity index (χ2v) is 8.26. The van der Waals surface area contributed by atoms with Gasteiger partial charge in [0.25, 0.3) is 11.8 Å². The van der Waals surface area contributed by atoms with Gasteiger partial charge in [-0.25, -0.2) is 0 Å². The predicted molar refractivity (Wildman–Crippen MR) is 121 cm³/mol. The fraction of sp³-hybridized carbons (Fsp3) is 0.231. The second-order valence-electron chi connectivity index (χ2n) is 8.26. The van der Waals surface area contributed by atoms with E-state index in [4.69, 9.17) is 4.74 Å². The van der Waals surface area contributed by atoms with Crippen LogP contribution in [-0.2, 0) is 12.7 Å². The van der Waals surface area contributed by atoms with Crippen molar-refractivity contribution in [1.29, 1.82) is 0 Å². The summed E-state index contributed by atoms with van der Waals surface area (Å²) in [4.78, 5) is 26.5. The standard InChI is InChI=1S/C26H23F3N2O3/c1-31(16-17-8-10-18(11-9-17)24(32)30-21-12-13-21)25(33)19-4-2-6-22(14-19)34-23-7-3-5-20(15-23)26(27,28)29/h2-11,14-15,21H,12-13,16H2,1H3,(H,30,32). The minimum atomic E-state index is -4.47. The molecule has 1 aliphatic carbocycles. The number of nitrogens with zero attached hydrogens (tertiary/aromatic N) is 1. The molecule has 4 rings (SSSR count). The molecule has 1 saturated carbocycles. The number of rotatable bonds is 7. The van der Waals surface area contributed by atoms with E-state index in [0.717, 1.165) is 30.5 Å². The van der Waals surface area contributed by atoms with Gasteiger partial charge in [-0.15, -0.1) is 0 Å². The van der Waals surface area contributed by atoms with Crippen LogP contribution in [-0.4, -0.2) is 29.8 Å². The molecule has 1 fully saturated rings. The molecule has 3 aromatic rings. The third-order valence-corrected chi connectivity index (χ3v) is 5.37. The number of nitrogens with one attached hydrogen (secondary N) is 1. The van der Waals surface area contributed by atoms with Gasteiger partial charge in [0.1, 0.15) is 11.5 Å². The van der Waals surface area contributed by atoms with E-state index in [-0.39, 0.29) is 29.4 Å². The SMILES string of the molecule is CN(Cc1ccc(C(=O)NC2CC2)cc1)C(=O)c1cccc(Oc2cccc(C(F)(F)F)c2)c1. The molecule has 5 nitrogen and oxygen atoms in total. The van der Waals surface area contributed by atoms with Crippen molar-refractivity contribution in [1.82, 2.24) is 10.2 Å². The third kappa shape index (κ3) is 5.95. The molecule has 0 saturated heterocycles. The number of ether oxygens (including phenoxy) is 1. The van der Waals surface area contributed by atoms with Gasteiger partial charge in [-0.2, -0.15) is 13.2 Å². The first kappa shape index (κ1) is 23.4. The highest BCUT2D eigenvalue weighted by molar-refractivity contribution is 5.95. The number of hydrogen-bond acceptors (Lipinski definition) is 3. The molecule has 0 unspecified atom stereocenters. The van der Waals surface area contributed by atoms with Crippen molar-refractivity contribution in [3.63, 3.8) is 0 Å². The number of hydrogen-bond donors (Lipinski definition) is 1. The average Bonchev–Trinajstić information content (AvgIpc) is 3.63. The van der Waals surface area contributed by atoms with Crippen LogP contribution in [0.2, 0.25) is 0 Å². The number of benzene rings is 3. The molecule has 0 atom stereocenters. The maximum Gasteiger partial charge on any atom is 0.416 e. The molecule has 3 aromatic carbocycles. The first-order chi connectivity index (χ1) is 16.2. The molecule has 8 heteroatoms. The molecule has 176 valence electrons. The summed E-state index contributed by atoms with van der Waals surface area (Å²) in [7, 11) is 1.65.